The largest absolute Gasteiger partial charge is 0.379 e. The third-order valence-electron chi connectivity index (χ3n) is 4.94. The number of nitrogens with zero attached hydrogens (tertiary/aromatic N) is 1. The summed E-state index contributed by atoms with van der Waals surface area (Å²) in [5.74, 6) is -0.565. The molecule has 0 aromatic heterocycles. The Morgan fingerprint density at radius 3 is 2.30 bits per heavy atom. The fourth-order valence-electron chi connectivity index (χ4n) is 3.00. The number of carbonyl (C=O) groups is 2. The number of hydrogen-bond acceptors (Lipinski definition) is 4. The second kappa shape index (κ2) is 8.85. The molecule has 27 heavy (non-hydrogen) atoms. The highest BCUT2D eigenvalue weighted by atomic mass is 16.5. The normalized spacial score (nSPS) is 16.0. The first-order valence-corrected chi connectivity index (χ1v) is 9.62. The van der Waals surface area contributed by atoms with Crippen LogP contribution in [0.15, 0.2) is 24.3 Å². The van der Waals surface area contributed by atoms with Gasteiger partial charge in [-0.05, 0) is 30.9 Å². The molecule has 2 rings (SSSR count). The average Bonchev–Trinajstić information content (AvgIpc) is 2.62. The van der Waals surface area contributed by atoms with Crippen molar-refractivity contribution >= 4 is 17.5 Å². The summed E-state index contributed by atoms with van der Waals surface area (Å²) in [4.78, 5) is 27.7. The van der Waals surface area contributed by atoms with Crippen LogP contribution in [0.4, 0.5) is 5.69 Å². The van der Waals surface area contributed by atoms with E-state index in [-0.39, 0.29) is 17.2 Å². The summed E-state index contributed by atoms with van der Waals surface area (Å²) >= 11 is 0. The molecule has 1 aliphatic heterocycles. The standard InChI is InChI=1S/C21H33N3O3/c1-20(2,3)16-8-6-7-9-17(16)23-19(26)21(4,5)18(25)22-10-11-24-12-14-27-15-13-24/h6-9H,10-15H2,1-5H3,(H,22,25)(H,23,26). The topological polar surface area (TPSA) is 70.7 Å². The summed E-state index contributed by atoms with van der Waals surface area (Å²) in [5, 5.41) is 5.85. The fraction of sp³-hybridized carbons (Fsp3) is 0.619. The number of hydrogen-bond donors (Lipinski definition) is 2. The highest BCUT2D eigenvalue weighted by Gasteiger charge is 2.36. The quantitative estimate of drug-likeness (QED) is 0.749. The number of anilines is 1. The molecule has 0 unspecified atom stereocenters. The van der Waals surface area contributed by atoms with E-state index in [0.29, 0.717) is 6.54 Å². The Bertz CT molecular complexity index is 659. The van der Waals surface area contributed by atoms with E-state index in [0.717, 1.165) is 44.1 Å². The monoisotopic (exact) mass is 375 g/mol. The zero-order valence-electron chi connectivity index (χ0n) is 17.2. The summed E-state index contributed by atoms with van der Waals surface area (Å²) in [5.41, 5.74) is 0.538. The van der Waals surface area contributed by atoms with E-state index in [1.54, 1.807) is 13.8 Å². The molecular formula is C21H33N3O3. The predicted octanol–water partition coefficient (Wildman–Crippen LogP) is 2.40. The Hall–Kier alpha value is -1.92. The molecule has 0 spiro atoms. The lowest BCUT2D eigenvalue weighted by Gasteiger charge is -2.28. The van der Waals surface area contributed by atoms with E-state index in [2.05, 4.69) is 36.3 Å². The first-order chi connectivity index (χ1) is 12.6. The van der Waals surface area contributed by atoms with E-state index < -0.39 is 5.41 Å². The molecule has 2 N–H and O–H groups in total. The molecule has 1 aromatic carbocycles. The molecule has 0 radical (unpaired) electrons. The van der Waals surface area contributed by atoms with Crippen molar-refractivity contribution in [2.24, 2.45) is 5.41 Å². The molecule has 0 bridgehead atoms. The van der Waals surface area contributed by atoms with Crippen molar-refractivity contribution in [2.45, 2.75) is 40.0 Å². The molecule has 0 aliphatic carbocycles. The van der Waals surface area contributed by atoms with Gasteiger partial charge in [0, 0.05) is 31.9 Å². The van der Waals surface area contributed by atoms with Crippen LogP contribution in [0.5, 0.6) is 0 Å². The van der Waals surface area contributed by atoms with Crippen LogP contribution in [0, 0.1) is 5.41 Å². The van der Waals surface area contributed by atoms with Crippen molar-refractivity contribution in [2.75, 3.05) is 44.7 Å². The molecule has 1 aliphatic rings. The molecule has 6 heteroatoms. The van der Waals surface area contributed by atoms with Gasteiger partial charge >= 0.3 is 0 Å². The SMILES string of the molecule is CC(C)(C(=O)NCCN1CCOCC1)C(=O)Nc1ccccc1C(C)(C)C. The number of rotatable bonds is 6. The Labute approximate surface area is 162 Å². The van der Waals surface area contributed by atoms with Crippen molar-refractivity contribution in [1.29, 1.82) is 0 Å². The number of carbonyl (C=O) groups excluding carboxylic acids is 2. The molecule has 1 saturated heterocycles. The van der Waals surface area contributed by atoms with Crippen LogP contribution in [0.25, 0.3) is 0 Å². The van der Waals surface area contributed by atoms with Crippen LogP contribution >= 0.6 is 0 Å². The third-order valence-corrected chi connectivity index (χ3v) is 4.94. The van der Waals surface area contributed by atoms with Crippen LogP contribution in [0.2, 0.25) is 0 Å². The van der Waals surface area contributed by atoms with E-state index >= 15 is 0 Å². The minimum absolute atomic E-state index is 0.103. The summed E-state index contributed by atoms with van der Waals surface area (Å²) in [6.45, 7) is 14.1. The average molecular weight is 376 g/mol. The zero-order valence-corrected chi connectivity index (χ0v) is 17.2. The van der Waals surface area contributed by atoms with E-state index in [9.17, 15) is 9.59 Å². The lowest BCUT2D eigenvalue weighted by Crippen LogP contribution is -2.48. The fourth-order valence-corrected chi connectivity index (χ4v) is 3.00. The van der Waals surface area contributed by atoms with Gasteiger partial charge in [-0.3, -0.25) is 14.5 Å². The molecule has 0 atom stereocenters. The van der Waals surface area contributed by atoms with Gasteiger partial charge in [0.1, 0.15) is 5.41 Å². The number of ether oxygens (including phenoxy) is 1. The zero-order chi connectivity index (χ0) is 20.1. The summed E-state index contributed by atoms with van der Waals surface area (Å²) in [6, 6.07) is 7.73. The first kappa shape index (κ1) is 21.4. The van der Waals surface area contributed by atoms with Crippen LogP contribution in [0.1, 0.15) is 40.2 Å². The Morgan fingerprint density at radius 1 is 1.04 bits per heavy atom. The van der Waals surface area contributed by atoms with Gasteiger partial charge in [-0.25, -0.2) is 0 Å². The van der Waals surface area contributed by atoms with Crippen molar-refractivity contribution in [3.63, 3.8) is 0 Å². The van der Waals surface area contributed by atoms with Gasteiger partial charge in [-0.1, -0.05) is 39.0 Å². The van der Waals surface area contributed by atoms with Crippen LogP contribution in [-0.4, -0.2) is 56.1 Å². The smallest absolute Gasteiger partial charge is 0.239 e. The minimum Gasteiger partial charge on any atom is -0.379 e. The molecule has 0 saturated carbocycles. The molecule has 1 aromatic rings. The van der Waals surface area contributed by atoms with Gasteiger partial charge in [0.05, 0.1) is 13.2 Å². The van der Waals surface area contributed by atoms with Crippen molar-refractivity contribution in [3.05, 3.63) is 29.8 Å². The molecule has 1 heterocycles. The second-order valence-corrected chi connectivity index (χ2v) is 8.58. The first-order valence-electron chi connectivity index (χ1n) is 9.62. The maximum atomic E-state index is 12.8. The van der Waals surface area contributed by atoms with Gasteiger partial charge in [-0.2, -0.15) is 0 Å². The molecule has 150 valence electrons. The predicted molar refractivity (Wildman–Crippen MR) is 108 cm³/mol. The summed E-state index contributed by atoms with van der Waals surface area (Å²) in [6.07, 6.45) is 0. The lowest BCUT2D eigenvalue weighted by atomic mass is 9.85. The molecule has 1 fully saturated rings. The third kappa shape index (κ3) is 5.78. The van der Waals surface area contributed by atoms with Gasteiger partial charge < -0.3 is 15.4 Å². The van der Waals surface area contributed by atoms with Gasteiger partial charge in [-0.15, -0.1) is 0 Å². The Kier molecular flexibility index (Phi) is 7.00. The lowest BCUT2D eigenvalue weighted by molar-refractivity contribution is -0.138. The number of benzene rings is 1. The van der Waals surface area contributed by atoms with Crippen LogP contribution in [-0.2, 0) is 19.7 Å². The van der Waals surface area contributed by atoms with Crippen molar-refractivity contribution < 1.29 is 14.3 Å². The Balaban J connectivity index is 1.95. The molecule has 6 nitrogen and oxygen atoms in total. The Morgan fingerprint density at radius 2 is 1.67 bits per heavy atom. The molecular weight excluding hydrogens is 342 g/mol. The second-order valence-electron chi connectivity index (χ2n) is 8.58. The van der Waals surface area contributed by atoms with Crippen molar-refractivity contribution in [1.82, 2.24) is 10.2 Å². The summed E-state index contributed by atoms with van der Waals surface area (Å²) < 4.78 is 5.32. The number of nitrogens with one attached hydrogen (secondary N) is 2. The number of morpholine rings is 1. The van der Waals surface area contributed by atoms with E-state index in [4.69, 9.17) is 4.74 Å². The molecule has 2 amide bonds. The number of para-hydroxylation sites is 1. The van der Waals surface area contributed by atoms with E-state index in [1.807, 2.05) is 24.3 Å². The van der Waals surface area contributed by atoms with Gasteiger partial charge in [0.15, 0.2) is 0 Å². The van der Waals surface area contributed by atoms with Crippen molar-refractivity contribution in [3.8, 4) is 0 Å². The maximum Gasteiger partial charge on any atom is 0.239 e. The summed E-state index contributed by atoms with van der Waals surface area (Å²) in [7, 11) is 0. The van der Waals surface area contributed by atoms with E-state index in [1.165, 1.54) is 0 Å². The van der Waals surface area contributed by atoms with Crippen LogP contribution < -0.4 is 10.6 Å². The highest BCUT2D eigenvalue weighted by molar-refractivity contribution is 6.10. The number of amides is 2. The van der Waals surface area contributed by atoms with Gasteiger partial charge in [0.25, 0.3) is 0 Å². The minimum atomic E-state index is -1.16. The highest BCUT2D eigenvalue weighted by Crippen LogP contribution is 2.30. The van der Waals surface area contributed by atoms with Crippen LogP contribution in [0.3, 0.4) is 0 Å². The maximum absolute atomic E-state index is 12.8. The van der Waals surface area contributed by atoms with Gasteiger partial charge in [0.2, 0.25) is 11.8 Å².